The molecule has 0 aliphatic heterocycles. The van der Waals surface area contributed by atoms with Crippen LogP contribution >= 0.6 is 0 Å². The normalized spacial score (nSPS) is 10.4. The molecule has 8 heteroatoms. The van der Waals surface area contributed by atoms with Gasteiger partial charge in [-0.25, -0.2) is 9.67 Å². The van der Waals surface area contributed by atoms with Gasteiger partial charge in [0, 0.05) is 23.6 Å². The van der Waals surface area contributed by atoms with E-state index in [9.17, 15) is 4.79 Å². The molecule has 0 radical (unpaired) electrons. The summed E-state index contributed by atoms with van der Waals surface area (Å²) in [7, 11) is 0. The van der Waals surface area contributed by atoms with E-state index in [-0.39, 0.29) is 12.5 Å². The predicted molar refractivity (Wildman–Crippen MR) is 70.5 cm³/mol. The standard InChI is InChI=1S/C12H11N7O/c20-11(7-19-8-15-17-18-19)16-10-3-1-2-9(6-10)12-13-4-5-14-12/h1-6,8H,7H2,(H,13,14)(H,16,20). The highest BCUT2D eigenvalue weighted by Gasteiger charge is 2.06. The minimum Gasteiger partial charge on any atom is -0.345 e. The van der Waals surface area contributed by atoms with Gasteiger partial charge in [0.25, 0.3) is 0 Å². The predicted octanol–water partition coefficient (Wildman–Crippen LogP) is 0.702. The Morgan fingerprint density at radius 3 is 3.10 bits per heavy atom. The van der Waals surface area contributed by atoms with Crippen molar-refractivity contribution in [3.05, 3.63) is 43.0 Å². The quantitative estimate of drug-likeness (QED) is 0.726. The Hall–Kier alpha value is -3.03. The number of hydrogen-bond acceptors (Lipinski definition) is 5. The summed E-state index contributed by atoms with van der Waals surface area (Å²) in [6.45, 7) is 0.0674. The van der Waals surface area contributed by atoms with Gasteiger partial charge in [0.05, 0.1) is 0 Å². The monoisotopic (exact) mass is 269 g/mol. The van der Waals surface area contributed by atoms with Gasteiger partial charge in [-0.15, -0.1) is 5.10 Å². The van der Waals surface area contributed by atoms with E-state index in [4.69, 9.17) is 0 Å². The molecule has 3 aromatic rings. The first-order valence-corrected chi connectivity index (χ1v) is 5.92. The third-order valence-electron chi connectivity index (χ3n) is 2.62. The second-order valence-corrected chi connectivity index (χ2v) is 4.07. The van der Waals surface area contributed by atoms with Crippen LogP contribution in [0.1, 0.15) is 0 Å². The maximum absolute atomic E-state index is 11.8. The Bertz CT molecular complexity index is 690. The number of carbonyl (C=O) groups is 1. The lowest BCUT2D eigenvalue weighted by Gasteiger charge is -2.06. The number of benzene rings is 1. The first-order chi connectivity index (χ1) is 9.81. The lowest BCUT2D eigenvalue weighted by Crippen LogP contribution is -2.19. The summed E-state index contributed by atoms with van der Waals surface area (Å²) in [5.41, 5.74) is 1.59. The van der Waals surface area contributed by atoms with E-state index >= 15 is 0 Å². The maximum Gasteiger partial charge on any atom is 0.246 e. The van der Waals surface area contributed by atoms with Crippen LogP contribution in [-0.4, -0.2) is 36.1 Å². The highest BCUT2D eigenvalue weighted by atomic mass is 16.2. The summed E-state index contributed by atoms with van der Waals surface area (Å²) in [5.74, 6) is 0.551. The Morgan fingerprint density at radius 1 is 1.40 bits per heavy atom. The SMILES string of the molecule is O=C(Cn1cnnn1)Nc1cccc(-c2ncc[nH]2)c1. The van der Waals surface area contributed by atoms with Gasteiger partial charge in [0.15, 0.2) is 0 Å². The summed E-state index contributed by atoms with van der Waals surface area (Å²) >= 11 is 0. The van der Waals surface area contributed by atoms with E-state index in [0.717, 1.165) is 11.4 Å². The van der Waals surface area contributed by atoms with E-state index in [0.29, 0.717) is 5.69 Å². The Morgan fingerprint density at radius 2 is 2.35 bits per heavy atom. The number of anilines is 1. The number of nitrogens with zero attached hydrogens (tertiary/aromatic N) is 5. The molecule has 2 heterocycles. The lowest BCUT2D eigenvalue weighted by atomic mass is 10.2. The van der Waals surface area contributed by atoms with Crippen molar-refractivity contribution < 1.29 is 4.79 Å². The largest absolute Gasteiger partial charge is 0.345 e. The molecule has 0 bridgehead atoms. The Labute approximate surface area is 113 Å². The summed E-state index contributed by atoms with van der Waals surface area (Å²) in [6, 6.07) is 7.42. The van der Waals surface area contributed by atoms with Crippen LogP contribution < -0.4 is 5.32 Å². The zero-order valence-corrected chi connectivity index (χ0v) is 10.4. The number of tetrazole rings is 1. The first-order valence-electron chi connectivity index (χ1n) is 5.92. The summed E-state index contributed by atoms with van der Waals surface area (Å²) in [4.78, 5) is 19.0. The van der Waals surface area contributed by atoms with Gasteiger partial charge < -0.3 is 10.3 Å². The third kappa shape index (κ3) is 2.69. The van der Waals surface area contributed by atoms with Gasteiger partial charge in [0.2, 0.25) is 5.91 Å². The third-order valence-corrected chi connectivity index (χ3v) is 2.62. The van der Waals surface area contributed by atoms with Crippen molar-refractivity contribution in [3.8, 4) is 11.4 Å². The fraction of sp³-hybridized carbons (Fsp3) is 0.0833. The van der Waals surface area contributed by atoms with Crippen molar-refractivity contribution in [2.75, 3.05) is 5.32 Å². The fourth-order valence-electron chi connectivity index (χ4n) is 1.77. The van der Waals surface area contributed by atoms with Crippen LogP contribution in [0.2, 0.25) is 0 Å². The number of hydrogen-bond donors (Lipinski definition) is 2. The minimum absolute atomic E-state index is 0.0674. The van der Waals surface area contributed by atoms with E-state index < -0.39 is 0 Å². The molecule has 2 N–H and O–H groups in total. The molecule has 20 heavy (non-hydrogen) atoms. The highest BCUT2D eigenvalue weighted by Crippen LogP contribution is 2.18. The fourth-order valence-corrected chi connectivity index (χ4v) is 1.77. The molecule has 8 nitrogen and oxygen atoms in total. The van der Waals surface area contributed by atoms with Gasteiger partial charge in [-0.2, -0.15) is 0 Å². The number of H-pyrrole nitrogens is 1. The zero-order valence-electron chi connectivity index (χ0n) is 10.4. The molecule has 0 aliphatic carbocycles. The second kappa shape index (κ2) is 5.31. The van der Waals surface area contributed by atoms with Crippen LogP contribution in [0, 0.1) is 0 Å². The van der Waals surface area contributed by atoms with Gasteiger partial charge in [-0.1, -0.05) is 12.1 Å². The topological polar surface area (TPSA) is 101 Å². The van der Waals surface area contributed by atoms with Gasteiger partial charge >= 0.3 is 0 Å². The minimum atomic E-state index is -0.200. The van der Waals surface area contributed by atoms with Crippen LogP contribution in [0.25, 0.3) is 11.4 Å². The molecule has 0 unspecified atom stereocenters. The van der Waals surface area contributed by atoms with Crippen LogP contribution in [-0.2, 0) is 11.3 Å². The second-order valence-electron chi connectivity index (χ2n) is 4.07. The summed E-state index contributed by atoms with van der Waals surface area (Å²) in [5, 5.41) is 13.4. The number of aromatic nitrogens is 6. The van der Waals surface area contributed by atoms with Gasteiger partial charge in [-0.05, 0) is 22.6 Å². The molecule has 1 amide bonds. The van der Waals surface area contributed by atoms with E-state index in [1.165, 1.54) is 11.0 Å². The molecule has 0 aliphatic rings. The molecular formula is C12H11N7O. The molecular weight excluding hydrogens is 258 g/mol. The smallest absolute Gasteiger partial charge is 0.246 e. The van der Waals surface area contributed by atoms with Crippen LogP contribution in [0.4, 0.5) is 5.69 Å². The van der Waals surface area contributed by atoms with Crippen molar-refractivity contribution in [1.29, 1.82) is 0 Å². The Balaban J connectivity index is 1.71. The summed E-state index contributed by atoms with van der Waals surface area (Å²) in [6.07, 6.45) is 4.81. The number of rotatable bonds is 4. The molecule has 0 atom stereocenters. The summed E-state index contributed by atoms with van der Waals surface area (Å²) < 4.78 is 1.35. The van der Waals surface area contributed by atoms with Crippen molar-refractivity contribution >= 4 is 11.6 Å². The van der Waals surface area contributed by atoms with Crippen LogP contribution in [0.15, 0.2) is 43.0 Å². The molecule has 3 rings (SSSR count). The molecule has 0 saturated carbocycles. The number of aromatic amines is 1. The highest BCUT2D eigenvalue weighted by molar-refractivity contribution is 5.91. The van der Waals surface area contributed by atoms with Crippen molar-refractivity contribution in [3.63, 3.8) is 0 Å². The van der Waals surface area contributed by atoms with E-state index in [1.54, 1.807) is 12.4 Å². The Kier molecular flexibility index (Phi) is 3.19. The average molecular weight is 269 g/mol. The molecule has 2 aromatic heterocycles. The maximum atomic E-state index is 11.8. The van der Waals surface area contributed by atoms with Gasteiger partial charge in [-0.3, -0.25) is 4.79 Å². The molecule has 0 saturated heterocycles. The average Bonchev–Trinajstić information content (AvgIpc) is 3.11. The lowest BCUT2D eigenvalue weighted by molar-refractivity contribution is -0.116. The number of nitrogens with one attached hydrogen (secondary N) is 2. The van der Waals surface area contributed by atoms with E-state index in [2.05, 4.69) is 30.8 Å². The molecule has 100 valence electrons. The van der Waals surface area contributed by atoms with Crippen molar-refractivity contribution in [1.82, 2.24) is 30.2 Å². The molecule has 0 spiro atoms. The number of carbonyl (C=O) groups excluding carboxylic acids is 1. The number of amides is 1. The molecule has 0 fully saturated rings. The van der Waals surface area contributed by atoms with Crippen LogP contribution in [0.3, 0.4) is 0 Å². The van der Waals surface area contributed by atoms with Crippen LogP contribution in [0.5, 0.6) is 0 Å². The molecule has 1 aromatic carbocycles. The first kappa shape index (κ1) is 12.0. The van der Waals surface area contributed by atoms with Crippen molar-refractivity contribution in [2.45, 2.75) is 6.54 Å². The zero-order chi connectivity index (χ0) is 13.8. The van der Waals surface area contributed by atoms with Crippen molar-refractivity contribution in [2.24, 2.45) is 0 Å². The number of imidazole rings is 1. The van der Waals surface area contributed by atoms with Gasteiger partial charge in [0.1, 0.15) is 18.7 Å². The van der Waals surface area contributed by atoms with E-state index in [1.807, 2.05) is 24.3 Å².